The monoisotopic (exact) mass is 280 g/mol. The van der Waals surface area contributed by atoms with Crippen molar-refractivity contribution in [2.24, 2.45) is 0 Å². The molecule has 1 fully saturated rings. The highest BCUT2D eigenvalue weighted by atomic mass is 35.5. The Hall–Kier alpha value is -1.66. The number of piperazine rings is 1. The van der Waals surface area contributed by atoms with Gasteiger partial charge in [0.2, 0.25) is 5.95 Å². The summed E-state index contributed by atoms with van der Waals surface area (Å²) in [4.78, 5) is 15.3. The summed E-state index contributed by atoms with van der Waals surface area (Å²) in [6, 6.07) is 4.21. The molecule has 0 saturated carbocycles. The fourth-order valence-electron chi connectivity index (χ4n) is 2.23. The number of nitrogens with two attached hydrogens (primary N) is 1. The Morgan fingerprint density at radius 3 is 3.05 bits per heavy atom. The first-order chi connectivity index (χ1) is 8.74. The maximum atomic E-state index is 5.94. The number of nitrogens with zero attached hydrogens (tertiary/aromatic N) is 4. The van der Waals surface area contributed by atoms with Gasteiger partial charge < -0.3 is 16.0 Å². The molecule has 102 valence electrons. The lowest BCUT2D eigenvalue weighted by Gasteiger charge is -2.31. The minimum absolute atomic E-state index is 0. The van der Waals surface area contributed by atoms with Gasteiger partial charge in [-0.25, -0.2) is 4.98 Å². The van der Waals surface area contributed by atoms with Crippen molar-refractivity contribution in [3.8, 4) is 0 Å². The van der Waals surface area contributed by atoms with Crippen molar-refractivity contribution in [3.63, 3.8) is 0 Å². The van der Waals surface area contributed by atoms with Crippen molar-refractivity contribution in [2.75, 3.05) is 30.3 Å². The Balaban J connectivity index is 0.00000133. The second kappa shape index (κ2) is 5.54. The van der Waals surface area contributed by atoms with E-state index in [1.165, 1.54) is 0 Å². The van der Waals surface area contributed by atoms with Gasteiger partial charge in [0.1, 0.15) is 5.52 Å². The van der Waals surface area contributed by atoms with Crippen molar-refractivity contribution in [1.82, 2.24) is 20.3 Å². The number of hydrogen-bond donors (Lipinski definition) is 2. The van der Waals surface area contributed by atoms with Gasteiger partial charge in [-0.05, 0) is 19.1 Å². The van der Waals surface area contributed by atoms with E-state index in [9.17, 15) is 0 Å². The largest absolute Gasteiger partial charge is 0.382 e. The maximum absolute atomic E-state index is 5.94. The number of halogens is 1. The van der Waals surface area contributed by atoms with Gasteiger partial charge in [-0.3, -0.25) is 4.98 Å². The minimum Gasteiger partial charge on any atom is -0.382 e. The van der Waals surface area contributed by atoms with E-state index >= 15 is 0 Å². The standard InChI is InChI=1S/C12H16N6.ClH/c1-8-7-18(6-5-14-8)12-16-9-3-2-4-15-10(9)11(13)17-12;/h2-4,8,14H,5-7H2,1H3,(H2,13,16,17);1H. The number of nitrogens with one attached hydrogen (secondary N) is 1. The molecule has 3 rings (SSSR count). The van der Waals surface area contributed by atoms with Crippen LogP contribution in [0, 0.1) is 0 Å². The molecule has 3 N–H and O–H groups in total. The van der Waals surface area contributed by atoms with Gasteiger partial charge in [0, 0.05) is 31.9 Å². The van der Waals surface area contributed by atoms with Crippen LogP contribution in [0.4, 0.5) is 11.8 Å². The van der Waals surface area contributed by atoms with Crippen LogP contribution in [0.25, 0.3) is 11.0 Å². The van der Waals surface area contributed by atoms with E-state index in [1.54, 1.807) is 6.20 Å². The average Bonchev–Trinajstić information content (AvgIpc) is 2.39. The molecule has 2 aromatic heterocycles. The van der Waals surface area contributed by atoms with Crippen LogP contribution in [0.5, 0.6) is 0 Å². The van der Waals surface area contributed by atoms with E-state index in [0.29, 0.717) is 23.3 Å². The molecular weight excluding hydrogens is 264 g/mol. The van der Waals surface area contributed by atoms with Crippen molar-refractivity contribution in [2.45, 2.75) is 13.0 Å². The van der Waals surface area contributed by atoms with Gasteiger partial charge in [-0.15, -0.1) is 12.4 Å². The Morgan fingerprint density at radius 1 is 1.42 bits per heavy atom. The molecule has 1 aliphatic heterocycles. The molecule has 0 aliphatic carbocycles. The number of fused-ring (bicyclic) bond motifs is 1. The van der Waals surface area contributed by atoms with E-state index in [1.807, 2.05) is 12.1 Å². The molecule has 1 atom stereocenters. The third kappa shape index (κ3) is 2.69. The Labute approximate surface area is 117 Å². The Bertz CT molecular complexity index is 575. The SMILES string of the molecule is CC1CN(c2nc(N)c3ncccc3n2)CCN1.Cl. The van der Waals surface area contributed by atoms with Crippen LogP contribution >= 0.6 is 12.4 Å². The highest BCUT2D eigenvalue weighted by Gasteiger charge is 2.19. The molecule has 0 radical (unpaired) electrons. The van der Waals surface area contributed by atoms with Gasteiger partial charge >= 0.3 is 0 Å². The van der Waals surface area contributed by atoms with Crippen LogP contribution in [-0.4, -0.2) is 40.6 Å². The summed E-state index contributed by atoms with van der Waals surface area (Å²) in [5, 5.41) is 3.39. The molecule has 1 aliphatic rings. The van der Waals surface area contributed by atoms with E-state index in [-0.39, 0.29) is 12.4 Å². The zero-order valence-corrected chi connectivity index (χ0v) is 11.5. The first-order valence-electron chi connectivity index (χ1n) is 6.10. The Morgan fingerprint density at radius 2 is 2.26 bits per heavy atom. The summed E-state index contributed by atoms with van der Waals surface area (Å²) in [5.74, 6) is 1.14. The van der Waals surface area contributed by atoms with Crippen molar-refractivity contribution in [3.05, 3.63) is 18.3 Å². The molecule has 6 nitrogen and oxygen atoms in total. The van der Waals surface area contributed by atoms with Crippen LogP contribution in [0.15, 0.2) is 18.3 Å². The predicted octanol–water partition coefficient (Wildman–Crippen LogP) is 0.827. The summed E-state index contributed by atoms with van der Waals surface area (Å²) in [7, 11) is 0. The molecule has 0 aromatic carbocycles. The van der Waals surface area contributed by atoms with Crippen molar-refractivity contribution >= 4 is 35.2 Å². The highest BCUT2D eigenvalue weighted by molar-refractivity contribution is 5.85. The molecule has 1 unspecified atom stereocenters. The predicted molar refractivity (Wildman–Crippen MR) is 78.7 cm³/mol. The molecule has 19 heavy (non-hydrogen) atoms. The lowest BCUT2D eigenvalue weighted by molar-refractivity contribution is 0.480. The molecule has 2 aromatic rings. The average molecular weight is 281 g/mol. The molecule has 0 spiro atoms. The van der Waals surface area contributed by atoms with Crippen LogP contribution in [0.3, 0.4) is 0 Å². The van der Waals surface area contributed by atoms with Crippen LogP contribution in [0.1, 0.15) is 6.92 Å². The van der Waals surface area contributed by atoms with Crippen molar-refractivity contribution in [1.29, 1.82) is 0 Å². The van der Waals surface area contributed by atoms with E-state index in [4.69, 9.17) is 5.73 Å². The number of rotatable bonds is 1. The number of nitrogen functional groups attached to an aromatic ring is 1. The number of anilines is 2. The molecule has 7 heteroatoms. The Kier molecular flexibility index (Phi) is 4.01. The number of pyridine rings is 1. The van der Waals surface area contributed by atoms with E-state index in [0.717, 1.165) is 25.2 Å². The summed E-state index contributed by atoms with van der Waals surface area (Å²) in [5.41, 5.74) is 7.41. The fraction of sp³-hybridized carbons (Fsp3) is 0.417. The zero-order valence-electron chi connectivity index (χ0n) is 10.7. The zero-order chi connectivity index (χ0) is 12.5. The fourth-order valence-corrected chi connectivity index (χ4v) is 2.23. The van der Waals surface area contributed by atoms with Gasteiger partial charge in [-0.2, -0.15) is 4.98 Å². The van der Waals surface area contributed by atoms with E-state index in [2.05, 4.69) is 32.1 Å². The van der Waals surface area contributed by atoms with Crippen molar-refractivity contribution < 1.29 is 0 Å². The lowest BCUT2D eigenvalue weighted by atomic mass is 10.2. The lowest BCUT2D eigenvalue weighted by Crippen LogP contribution is -2.49. The normalized spacial score (nSPS) is 19.2. The first-order valence-corrected chi connectivity index (χ1v) is 6.10. The molecule has 3 heterocycles. The third-order valence-electron chi connectivity index (χ3n) is 3.12. The summed E-state index contributed by atoms with van der Waals surface area (Å²) in [6.45, 7) is 4.88. The quantitative estimate of drug-likeness (QED) is 0.805. The summed E-state index contributed by atoms with van der Waals surface area (Å²) >= 11 is 0. The number of aromatic nitrogens is 3. The smallest absolute Gasteiger partial charge is 0.228 e. The maximum Gasteiger partial charge on any atom is 0.228 e. The highest BCUT2D eigenvalue weighted by Crippen LogP contribution is 2.19. The second-order valence-corrected chi connectivity index (χ2v) is 4.58. The minimum atomic E-state index is 0. The second-order valence-electron chi connectivity index (χ2n) is 4.58. The van der Waals surface area contributed by atoms with Gasteiger partial charge in [0.05, 0.1) is 5.52 Å². The van der Waals surface area contributed by atoms with Gasteiger partial charge in [0.25, 0.3) is 0 Å². The third-order valence-corrected chi connectivity index (χ3v) is 3.12. The molecule has 1 saturated heterocycles. The van der Waals surface area contributed by atoms with Gasteiger partial charge in [0.15, 0.2) is 5.82 Å². The molecule has 0 amide bonds. The van der Waals surface area contributed by atoms with Crippen LogP contribution in [-0.2, 0) is 0 Å². The molecular formula is C12H17ClN6. The molecule has 0 bridgehead atoms. The topological polar surface area (TPSA) is 80.0 Å². The van der Waals surface area contributed by atoms with Crippen LogP contribution < -0.4 is 16.0 Å². The van der Waals surface area contributed by atoms with Crippen LogP contribution in [0.2, 0.25) is 0 Å². The number of hydrogen-bond acceptors (Lipinski definition) is 6. The van der Waals surface area contributed by atoms with Gasteiger partial charge in [-0.1, -0.05) is 0 Å². The first kappa shape index (κ1) is 13.8. The summed E-state index contributed by atoms with van der Waals surface area (Å²) < 4.78 is 0. The van der Waals surface area contributed by atoms with E-state index < -0.39 is 0 Å². The summed E-state index contributed by atoms with van der Waals surface area (Å²) in [6.07, 6.45) is 1.70.